The highest BCUT2D eigenvalue weighted by atomic mass is 32.1. The topological polar surface area (TPSA) is 58.5 Å². The maximum atomic E-state index is 13.1. The summed E-state index contributed by atoms with van der Waals surface area (Å²) >= 11 is 1.63. The number of nitrogens with one attached hydrogen (secondary N) is 2. The number of ether oxygens (including phenoxy) is 1. The Hall–Kier alpha value is -2.15. The molecule has 2 rings (SSSR count). The summed E-state index contributed by atoms with van der Waals surface area (Å²) in [5, 5.41) is 9.48. The van der Waals surface area contributed by atoms with E-state index in [-0.39, 0.29) is 5.82 Å². The van der Waals surface area contributed by atoms with Gasteiger partial charge in [0.25, 0.3) is 0 Å². The van der Waals surface area contributed by atoms with Gasteiger partial charge < -0.3 is 15.4 Å². The first kappa shape index (κ1) is 19.2. The van der Waals surface area contributed by atoms with Crippen LogP contribution < -0.4 is 15.4 Å². The zero-order valence-electron chi connectivity index (χ0n) is 14.9. The molecule has 0 spiro atoms. The fourth-order valence-corrected chi connectivity index (χ4v) is 2.93. The zero-order chi connectivity index (χ0) is 18.1. The molecule has 5 nitrogen and oxygen atoms in total. The summed E-state index contributed by atoms with van der Waals surface area (Å²) in [6.07, 6.45) is 0. The Balaban J connectivity index is 1.80. The van der Waals surface area contributed by atoms with Crippen LogP contribution in [0.2, 0.25) is 0 Å². The summed E-state index contributed by atoms with van der Waals surface area (Å²) < 4.78 is 18.6. The highest BCUT2D eigenvalue weighted by Crippen LogP contribution is 2.18. The largest absolute Gasteiger partial charge is 0.492 e. The number of aromatic nitrogens is 1. The van der Waals surface area contributed by atoms with Crippen molar-refractivity contribution >= 4 is 17.3 Å². The van der Waals surface area contributed by atoms with Crippen molar-refractivity contribution in [3.8, 4) is 5.75 Å². The number of hydrogen-bond acceptors (Lipinski definition) is 4. The predicted molar refractivity (Wildman–Crippen MR) is 101 cm³/mol. The van der Waals surface area contributed by atoms with Gasteiger partial charge >= 0.3 is 0 Å². The van der Waals surface area contributed by atoms with Crippen LogP contribution in [0.3, 0.4) is 0 Å². The van der Waals surface area contributed by atoms with Gasteiger partial charge in [-0.3, -0.25) is 0 Å². The lowest BCUT2D eigenvalue weighted by Crippen LogP contribution is -2.39. The predicted octanol–water partition coefficient (Wildman–Crippen LogP) is 3.54. The van der Waals surface area contributed by atoms with Crippen LogP contribution in [0.5, 0.6) is 5.75 Å². The van der Waals surface area contributed by atoms with Gasteiger partial charge in [0.2, 0.25) is 0 Å². The Morgan fingerprint density at radius 1 is 1.36 bits per heavy atom. The molecule has 0 saturated heterocycles. The van der Waals surface area contributed by atoms with Crippen LogP contribution in [-0.2, 0) is 6.54 Å². The second-order valence-electron chi connectivity index (χ2n) is 5.75. The molecule has 0 aliphatic rings. The second-order valence-corrected chi connectivity index (χ2v) is 6.69. The first-order chi connectivity index (χ1) is 12.1. The van der Waals surface area contributed by atoms with E-state index in [1.807, 2.05) is 6.92 Å². The molecule has 0 atom stereocenters. The summed E-state index contributed by atoms with van der Waals surface area (Å²) in [6, 6.07) is 6.12. The van der Waals surface area contributed by atoms with Gasteiger partial charge in [-0.2, -0.15) is 0 Å². The van der Waals surface area contributed by atoms with Crippen LogP contribution >= 0.6 is 11.3 Å². The van der Waals surface area contributed by atoms with E-state index in [0.717, 1.165) is 17.2 Å². The number of rotatable bonds is 8. The first-order valence-corrected chi connectivity index (χ1v) is 9.31. The molecule has 2 N–H and O–H groups in total. The molecule has 0 unspecified atom stereocenters. The number of benzene rings is 1. The Morgan fingerprint density at radius 3 is 2.88 bits per heavy atom. The normalized spacial score (nSPS) is 11.6. The lowest BCUT2D eigenvalue weighted by molar-refractivity contribution is 0.320. The van der Waals surface area contributed by atoms with Gasteiger partial charge in [-0.05, 0) is 25.0 Å². The van der Waals surface area contributed by atoms with Crippen molar-refractivity contribution < 1.29 is 9.13 Å². The van der Waals surface area contributed by atoms with E-state index in [9.17, 15) is 4.39 Å². The summed E-state index contributed by atoms with van der Waals surface area (Å²) in [5.41, 5.74) is 1.11. The molecule has 25 heavy (non-hydrogen) atoms. The third-order valence-corrected chi connectivity index (χ3v) is 4.19. The average molecular weight is 364 g/mol. The lowest BCUT2D eigenvalue weighted by Gasteiger charge is -2.11. The molecule has 0 radical (unpaired) electrons. The number of halogens is 1. The Kier molecular flexibility index (Phi) is 7.66. The van der Waals surface area contributed by atoms with Crippen molar-refractivity contribution in [1.29, 1.82) is 0 Å². The third kappa shape index (κ3) is 6.70. The van der Waals surface area contributed by atoms with Crippen molar-refractivity contribution in [2.45, 2.75) is 33.2 Å². The number of aliphatic imine (C=N–C) groups is 1. The van der Waals surface area contributed by atoms with Gasteiger partial charge in [-0.15, -0.1) is 11.3 Å². The molecule has 2 aromatic rings. The van der Waals surface area contributed by atoms with E-state index in [2.05, 4.69) is 39.8 Å². The lowest BCUT2D eigenvalue weighted by atomic mass is 10.2. The molecule has 1 heterocycles. The summed E-state index contributed by atoms with van der Waals surface area (Å²) in [6.45, 7) is 8.57. The number of nitrogens with zero attached hydrogens (tertiary/aromatic N) is 2. The highest BCUT2D eigenvalue weighted by molar-refractivity contribution is 7.09. The van der Waals surface area contributed by atoms with Gasteiger partial charge in [-0.1, -0.05) is 19.9 Å². The molecule has 0 amide bonds. The smallest absolute Gasteiger partial charge is 0.191 e. The van der Waals surface area contributed by atoms with Crippen LogP contribution in [0.1, 0.15) is 37.4 Å². The summed E-state index contributed by atoms with van der Waals surface area (Å²) in [4.78, 5) is 9.12. The average Bonchev–Trinajstić information content (AvgIpc) is 3.06. The van der Waals surface area contributed by atoms with Crippen molar-refractivity contribution in [2.75, 3.05) is 19.7 Å². The summed E-state index contributed by atoms with van der Waals surface area (Å²) in [7, 11) is 0. The molecule has 0 aliphatic carbocycles. The van der Waals surface area contributed by atoms with Crippen LogP contribution in [0, 0.1) is 5.82 Å². The Labute approximate surface area is 152 Å². The molecule has 0 fully saturated rings. The molecular formula is C18H25FN4OS. The Bertz CT molecular complexity index is 687. The maximum absolute atomic E-state index is 13.1. The van der Waals surface area contributed by atoms with E-state index in [1.54, 1.807) is 23.5 Å². The van der Waals surface area contributed by atoms with Crippen LogP contribution in [0.15, 0.2) is 34.6 Å². The van der Waals surface area contributed by atoms with Crippen molar-refractivity contribution in [3.05, 3.63) is 46.2 Å². The van der Waals surface area contributed by atoms with E-state index >= 15 is 0 Å². The SMILES string of the molecule is CCNC(=NCc1nc(C(C)C)cs1)NCCOc1cccc(F)c1. The van der Waals surface area contributed by atoms with Gasteiger partial charge in [0.15, 0.2) is 5.96 Å². The minimum Gasteiger partial charge on any atom is -0.492 e. The van der Waals surface area contributed by atoms with Crippen molar-refractivity contribution in [2.24, 2.45) is 4.99 Å². The van der Waals surface area contributed by atoms with Gasteiger partial charge in [0.1, 0.15) is 23.2 Å². The number of guanidine groups is 1. The molecule has 136 valence electrons. The molecule has 7 heteroatoms. The minimum absolute atomic E-state index is 0.301. The number of hydrogen-bond donors (Lipinski definition) is 2. The summed E-state index contributed by atoms with van der Waals surface area (Å²) in [5.74, 6) is 1.37. The van der Waals surface area contributed by atoms with Gasteiger partial charge in [0, 0.05) is 18.0 Å². The van der Waals surface area contributed by atoms with Crippen LogP contribution in [-0.4, -0.2) is 30.6 Å². The highest BCUT2D eigenvalue weighted by Gasteiger charge is 2.05. The maximum Gasteiger partial charge on any atom is 0.191 e. The number of thiazole rings is 1. The molecule has 1 aromatic carbocycles. The van der Waals surface area contributed by atoms with E-state index < -0.39 is 0 Å². The fourth-order valence-electron chi connectivity index (χ4n) is 2.05. The second kappa shape index (κ2) is 9.98. The molecule has 1 aromatic heterocycles. The fraction of sp³-hybridized carbons (Fsp3) is 0.444. The quantitative estimate of drug-likeness (QED) is 0.427. The molecule has 0 aliphatic heterocycles. The zero-order valence-corrected chi connectivity index (χ0v) is 15.7. The minimum atomic E-state index is -0.301. The first-order valence-electron chi connectivity index (χ1n) is 8.43. The van der Waals surface area contributed by atoms with Gasteiger partial charge in [0.05, 0.1) is 18.8 Å². The molecule has 0 bridgehead atoms. The van der Waals surface area contributed by atoms with E-state index in [4.69, 9.17) is 4.74 Å². The standard InChI is InChI=1S/C18H25FN4OS/c1-4-20-18(22-11-17-23-16(12-25-17)13(2)3)21-8-9-24-15-7-5-6-14(19)10-15/h5-7,10,12-13H,4,8-9,11H2,1-3H3,(H2,20,21,22). The third-order valence-electron chi connectivity index (χ3n) is 3.34. The molecule has 0 saturated carbocycles. The van der Waals surface area contributed by atoms with Crippen molar-refractivity contribution in [3.63, 3.8) is 0 Å². The molecular weight excluding hydrogens is 339 g/mol. The Morgan fingerprint density at radius 2 is 2.20 bits per heavy atom. The van der Waals surface area contributed by atoms with Crippen LogP contribution in [0.4, 0.5) is 4.39 Å². The van der Waals surface area contributed by atoms with E-state index in [0.29, 0.717) is 37.3 Å². The van der Waals surface area contributed by atoms with Crippen molar-refractivity contribution in [1.82, 2.24) is 15.6 Å². The van der Waals surface area contributed by atoms with Crippen LogP contribution in [0.25, 0.3) is 0 Å². The monoisotopic (exact) mass is 364 g/mol. The van der Waals surface area contributed by atoms with E-state index in [1.165, 1.54) is 12.1 Å². The van der Waals surface area contributed by atoms with Gasteiger partial charge in [-0.25, -0.2) is 14.4 Å².